The normalized spacial score (nSPS) is 14.0. The van der Waals surface area contributed by atoms with Crippen LogP contribution in [0, 0.1) is 6.92 Å². The second kappa shape index (κ2) is 8.87. The summed E-state index contributed by atoms with van der Waals surface area (Å²) < 4.78 is 11.1. The van der Waals surface area contributed by atoms with Gasteiger partial charge < -0.3 is 19.4 Å². The van der Waals surface area contributed by atoms with Crippen LogP contribution in [0.1, 0.15) is 17.9 Å². The van der Waals surface area contributed by atoms with E-state index in [1.165, 1.54) is 5.56 Å². The summed E-state index contributed by atoms with van der Waals surface area (Å²) in [5.74, 6) is 1.68. The van der Waals surface area contributed by atoms with Gasteiger partial charge >= 0.3 is 0 Å². The van der Waals surface area contributed by atoms with E-state index in [-0.39, 0.29) is 12.3 Å². The number of oxazole rings is 1. The Morgan fingerprint density at radius 2 is 1.86 bits per heavy atom. The minimum absolute atomic E-state index is 0.119. The van der Waals surface area contributed by atoms with Gasteiger partial charge in [0.1, 0.15) is 5.82 Å². The number of aryl methyl sites for hydroxylation is 2. The first kappa shape index (κ1) is 19.1. The molecule has 0 bridgehead atoms. The molecule has 0 aliphatic carbocycles. The fourth-order valence-electron chi connectivity index (χ4n) is 3.17. The minimum atomic E-state index is -0.119. The molecule has 1 saturated heterocycles. The number of benzene rings is 1. The molecule has 0 unspecified atom stereocenters. The Morgan fingerprint density at radius 3 is 2.59 bits per heavy atom. The Morgan fingerprint density at radius 1 is 1.07 bits per heavy atom. The van der Waals surface area contributed by atoms with Gasteiger partial charge in [-0.2, -0.15) is 0 Å². The number of hydrogen-bond acceptors (Lipinski definition) is 6. The Kier molecular flexibility index (Phi) is 5.86. The quantitative estimate of drug-likeness (QED) is 0.692. The van der Waals surface area contributed by atoms with Crippen LogP contribution in [0.4, 0.5) is 11.5 Å². The fourth-order valence-corrected chi connectivity index (χ4v) is 3.17. The third kappa shape index (κ3) is 5.00. The Balaban J connectivity index is 1.28. The zero-order valence-electron chi connectivity index (χ0n) is 16.4. The van der Waals surface area contributed by atoms with Crippen LogP contribution in [-0.2, 0) is 16.0 Å². The lowest BCUT2D eigenvalue weighted by Gasteiger charge is -2.28. The van der Waals surface area contributed by atoms with Crippen molar-refractivity contribution in [2.75, 3.05) is 36.5 Å². The number of carbonyl (C=O) groups is 1. The number of carbonyl (C=O) groups excluding carboxylic acids is 1. The standard InChI is InChI=1S/C22H24N4O3/c1-16-2-4-17(5-3-16)19-15-24-22(29-19)9-8-21(27)25-20-7-6-18(14-23-20)26-10-12-28-13-11-26/h2-7,14-15H,8-13H2,1H3,(H,23,25,27). The molecule has 1 amide bonds. The van der Waals surface area contributed by atoms with Crippen molar-refractivity contribution in [1.82, 2.24) is 9.97 Å². The van der Waals surface area contributed by atoms with Crippen LogP contribution in [-0.4, -0.2) is 42.2 Å². The third-order valence-electron chi connectivity index (χ3n) is 4.85. The summed E-state index contributed by atoms with van der Waals surface area (Å²) in [6, 6.07) is 11.8. The molecule has 150 valence electrons. The predicted octanol–water partition coefficient (Wildman–Crippen LogP) is 3.45. The van der Waals surface area contributed by atoms with Gasteiger partial charge in [0.15, 0.2) is 11.7 Å². The zero-order valence-corrected chi connectivity index (χ0v) is 16.4. The molecule has 0 atom stereocenters. The highest BCUT2D eigenvalue weighted by Crippen LogP contribution is 2.21. The van der Waals surface area contributed by atoms with E-state index in [9.17, 15) is 4.79 Å². The fraction of sp³-hybridized carbons (Fsp3) is 0.318. The van der Waals surface area contributed by atoms with Gasteiger partial charge in [0.05, 0.1) is 31.3 Å². The molecule has 1 aliphatic rings. The highest BCUT2D eigenvalue weighted by molar-refractivity contribution is 5.89. The molecule has 2 aromatic heterocycles. The first-order chi connectivity index (χ1) is 14.2. The van der Waals surface area contributed by atoms with E-state index in [1.807, 2.05) is 43.3 Å². The Labute approximate surface area is 169 Å². The first-order valence-corrected chi connectivity index (χ1v) is 9.78. The Bertz CT molecular complexity index is 945. The first-order valence-electron chi connectivity index (χ1n) is 9.78. The summed E-state index contributed by atoms with van der Waals surface area (Å²) in [4.78, 5) is 23.1. The van der Waals surface area contributed by atoms with Crippen LogP contribution in [0.15, 0.2) is 53.2 Å². The molecule has 1 aromatic carbocycles. The summed E-state index contributed by atoms with van der Waals surface area (Å²) in [6.45, 7) is 5.21. The lowest BCUT2D eigenvalue weighted by molar-refractivity contribution is -0.116. The number of morpholine rings is 1. The van der Waals surface area contributed by atoms with Gasteiger partial charge in [0.2, 0.25) is 5.91 Å². The number of ether oxygens (including phenoxy) is 1. The van der Waals surface area contributed by atoms with Crippen LogP contribution in [0.25, 0.3) is 11.3 Å². The van der Waals surface area contributed by atoms with Crippen LogP contribution >= 0.6 is 0 Å². The molecule has 3 aromatic rings. The van der Waals surface area contributed by atoms with Crippen molar-refractivity contribution in [2.45, 2.75) is 19.8 Å². The average Bonchev–Trinajstić information content (AvgIpc) is 3.23. The van der Waals surface area contributed by atoms with E-state index in [0.29, 0.717) is 23.9 Å². The van der Waals surface area contributed by atoms with Gasteiger partial charge in [0.25, 0.3) is 0 Å². The van der Waals surface area contributed by atoms with Crippen molar-refractivity contribution >= 4 is 17.4 Å². The van der Waals surface area contributed by atoms with Crippen LogP contribution in [0.5, 0.6) is 0 Å². The SMILES string of the molecule is Cc1ccc(-c2cnc(CCC(=O)Nc3ccc(N4CCOCC4)cn3)o2)cc1. The van der Waals surface area contributed by atoms with Crippen LogP contribution in [0.2, 0.25) is 0 Å². The molecule has 1 N–H and O–H groups in total. The molecule has 29 heavy (non-hydrogen) atoms. The number of anilines is 2. The van der Waals surface area contributed by atoms with Crippen LogP contribution < -0.4 is 10.2 Å². The summed E-state index contributed by atoms with van der Waals surface area (Å²) in [5.41, 5.74) is 3.20. The minimum Gasteiger partial charge on any atom is -0.441 e. The van der Waals surface area contributed by atoms with Crippen molar-refractivity contribution in [3.63, 3.8) is 0 Å². The highest BCUT2D eigenvalue weighted by atomic mass is 16.5. The number of nitrogens with one attached hydrogen (secondary N) is 1. The van der Waals surface area contributed by atoms with E-state index in [0.717, 1.165) is 37.6 Å². The zero-order chi connectivity index (χ0) is 20.1. The molecule has 7 heteroatoms. The van der Waals surface area contributed by atoms with E-state index in [1.54, 1.807) is 12.4 Å². The van der Waals surface area contributed by atoms with Crippen molar-refractivity contribution in [1.29, 1.82) is 0 Å². The maximum Gasteiger partial charge on any atom is 0.226 e. The van der Waals surface area contributed by atoms with Gasteiger partial charge in [-0.1, -0.05) is 29.8 Å². The number of nitrogens with zero attached hydrogens (tertiary/aromatic N) is 3. The van der Waals surface area contributed by atoms with Crippen molar-refractivity contribution in [3.8, 4) is 11.3 Å². The van der Waals surface area contributed by atoms with Crippen molar-refractivity contribution < 1.29 is 13.9 Å². The molecule has 1 fully saturated rings. The van der Waals surface area contributed by atoms with E-state index in [4.69, 9.17) is 9.15 Å². The Hall–Kier alpha value is -3.19. The molecule has 7 nitrogen and oxygen atoms in total. The van der Waals surface area contributed by atoms with Gasteiger partial charge in [-0.3, -0.25) is 4.79 Å². The number of aromatic nitrogens is 2. The number of hydrogen-bond donors (Lipinski definition) is 1. The summed E-state index contributed by atoms with van der Waals surface area (Å²) in [5, 5.41) is 2.82. The molecule has 3 heterocycles. The van der Waals surface area contributed by atoms with Gasteiger partial charge in [-0.25, -0.2) is 9.97 Å². The number of amides is 1. The highest BCUT2D eigenvalue weighted by Gasteiger charge is 2.13. The van der Waals surface area contributed by atoms with Crippen LogP contribution in [0.3, 0.4) is 0 Å². The molecular formula is C22H24N4O3. The molecule has 0 spiro atoms. The van der Waals surface area contributed by atoms with Gasteiger partial charge in [0, 0.05) is 31.5 Å². The second-order valence-corrected chi connectivity index (χ2v) is 7.03. The van der Waals surface area contributed by atoms with E-state index < -0.39 is 0 Å². The molecule has 4 rings (SSSR count). The summed E-state index contributed by atoms with van der Waals surface area (Å²) in [7, 11) is 0. The lowest BCUT2D eigenvalue weighted by atomic mass is 10.1. The van der Waals surface area contributed by atoms with Gasteiger partial charge in [-0.15, -0.1) is 0 Å². The molecular weight excluding hydrogens is 368 g/mol. The van der Waals surface area contributed by atoms with E-state index in [2.05, 4.69) is 20.2 Å². The molecule has 0 radical (unpaired) electrons. The largest absolute Gasteiger partial charge is 0.441 e. The maximum absolute atomic E-state index is 12.2. The predicted molar refractivity (Wildman–Crippen MR) is 111 cm³/mol. The monoisotopic (exact) mass is 392 g/mol. The summed E-state index contributed by atoms with van der Waals surface area (Å²) in [6.07, 6.45) is 4.19. The molecule has 0 saturated carbocycles. The number of rotatable bonds is 6. The van der Waals surface area contributed by atoms with Gasteiger partial charge in [-0.05, 0) is 19.1 Å². The maximum atomic E-state index is 12.2. The summed E-state index contributed by atoms with van der Waals surface area (Å²) >= 11 is 0. The van der Waals surface area contributed by atoms with Crippen molar-refractivity contribution in [3.05, 3.63) is 60.2 Å². The second-order valence-electron chi connectivity index (χ2n) is 7.03. The lowest BCUT2D eigenvalue weighted by Crippen LogP contribution is -2.36. The molecule has 1 aliphatic heterocycles. The number of pyridine rings is 1. The third-order valence-corrected chi connectivity index (χ3v) is 4.85. The van der Waals surface area contributed by atoms with Crippen molar-refractivity contribution in [2.24, 2.45) is 0 Å². The smallest absolute Gasteiger partial charge is 0.226 e. The average molecular weight is 392 g/mol. The topological polar surface area (TPSA) is 80.5 Å². The van der Waals surface area contributed by atoms with E-state index >= 15 is 0 Å².